The molecule has 0 atom stereocenters. The van der Waals surface area contributed by atoms with Crippen LogP contribution in [0.5, 0.6) is 0 Å². The van der Waals surface area contributed by atoms with Crippen LogP contribution < -0.4 is 10.2 Å². The highest BCUT2D eigenvalue weighted by atomic mass is 35.5. The maximum absolute atomic E-state index is 12.9. The summed E-state index contributed by atoms with van der Waals surface area (Å²) in [4.78, 5) is 25.4. The average molecular weight is 378 g/mol. The van der Waals surface area contributed by atoms with Crippen molar-refractivity contribution in [2.45, 2.75) is 18.4 Å². The first-order valence-corrected chi connectivity index (χ1v) is 7.81. The Kier molecular flexibility index (Phi) is 8.15. The predicted molar refractivity (Wildman–Crippen MR) is 97.2 cm³/mol. The Morgan fingerprint density at radius 3 is 2.38 bits per heavy atom. The summed E-state index contributed by atoms with van der Waals surface area (Å²) in [6.07, 6.45) is 6.62. The summed E-state index contributed by atoms with van der Waals surface area (Å²) in [5.41, 5.74) is -0.639. The molecule has 1 amide bonds. The third kappa shape index (κ3) is 4.27. The first-order valence-electron chi connectivity index (χ1n) is 7.81. The van der Waals surface area contributed by atoms with Crippen LogP contribution in [-0.4, -0.2) is 72.8 Å². The number of nitrogens with zero attached hydrogens (tertiary/aromatic N) is 4. The molecule has 136 valence electrons. The third-order valence-corrected chi connectivity index (χ3v) is 4.63. The van der Waals surface area contributed by atoms with E-state index in [9.17, 15) is 4.79 Å². The Labute approximate surface area is 155 Å². The molecule has 3 heterocycles. The van der Waals surface area contributed by atoms with E-state index >= 15 is 0 Å². The zero-order valence-electron chi connectivity index (χ0n) is 13.8. The summed E-state index contributed by atoms with van der Waals surface area (Å²) in [5.74, 6) is 1.01. The van der Waals surface area contributed by atoms with Crippen molar-refractivity contribution in [2.24, 2.45) is 0 Å². The summed E-state index contributed by atoms with van der Waals surface area (Å²) < 4.78 is 5.64. The molecule has 0 bridgehead atoms. The number of carbonyl (C=O) groups excluding carboxylic acids is 1. The number of piperidine rings is 1. The highest BCUT2D eigenvalue weighted by molar-refractivity contribution is 5.86. The Bertz CT molecular complexity index is 506. The summed E-state index contributed by atoms with van der Waals surface area (Å²) in [7, 11) is 1.65. The molecule has 0 aromatic carbocycles. The number of aromatic nitrogens is 2. The van der Waals surface area contributed by atoms with Crippen molar-refractivity contribution < 1.29 is 9.53 Å². The zero-order chi connectivity index (χ0) is 15.4. The van der Waals surface area contributed by atoms with Crippen molar-refractivity contribution in [2.75, 3.05) is 51.3 Å². The molecule has 2 aliphatic heterocycles. The topological polar surface area (TPSA) is 70.6 Å². The molecule has 0 radical (unpaired) electrons. The lowest BCUT2D eigenvalue weighted by atomic mass is 9.90. The van der Waals surface area contributed by atoms with Crippen molar-refractivity contribution in [3.05, 3.63) is 18.6 Å². The molecule has 2 saturated heterocycles. The monoisotopic (exact) mass is 377 g/mol. The standard InChI is InChI=1S/C15H23N5O2.2ClH/c1-22-15(2-4-16-5-3-15)14(21)20-10-8-19(9-11-20)13-12-17-6-7-18-13;;/h6-7,12,16H,2-5,8-11H2,1H3;2*1H. The van der Waals surface area contributed by atoms with Crippen LogP contribution in [0.3, 0.4) is 0 Å². The number of ether oxygens (including phenoxy) is 1. The number of piperazine rings is 1. The van der Waals surface area contributed by atoms with E-state index < -0.39 is 5.60 Å². The van der Waals surface area contributed by atoms with Gasteiger partial charge < -0.3 is 19.9 Å². The lowest BCUT2D eigenvalue weighted by Crippen LogP contribution is -2.59. The summed E-state index contributed by atoms with van der Waals surface area (Å²) >= 11 is 0. The number of hydrogen-bond acceptors (Lipinski definition) is 6. The number of carbonyl (C=O) groups is 1. The smallest absolute Gasteiger partial charge is 0.255 e. The number of anilines is 1. The fraction of sp³-hybridized carbons (Fsp3) is 0.667. The lowest BCUT2D eigenvalue weighted by Gasteiger charge is -2.42. The van der Waals surface area contributed by atoms with Gasteiger partial charge in [-0.25, -0.2) is 4.98 Å². The van der Waals surface area contributed by atoms with Gasteiger partial charge in [-0.1, -0.05) is 0 Å². The Morgan fingerprint density at radius 1 is 1.17 bits per heavy atom. The van der Waals surface area contributed by atoms with Crippen LogP contribution in [0.25, 0.3) is 0 Å². The van der Waals surface area contributed by atoms with Crippen molar-refractivity contribution >= 4 is 36.5 Å². The summed E-state index contributed by atoms with van der Waals surface area (Å²) in [6.45, 7) is 4.63. The van der Waals surface area contributed by atoms with Crippen LogP contribution in [0.1, 0.15) is 12.8 Å². The minimum Gasteiger partial charge on any atom is -0.368 e. The molecule has 2 aliphatic rings. The molecule has 0 unspecified atom stereocenters. The van der Waals surface area contributed by atoms with Crippen LogP contribution in [0.2, 0.25) is 0 Å². The first-order chi connectivity index (χ1) is 10.7. The van der Waals surface area contributed by atoms with Crippen LogP contribution in [0.4, 0.5) is 5.82 Å². The molecule has 0 aliphatic carbocycles. The molecule has 3 rings (SSSR count). The maximum Gasteiger partial charge on any atom is 0.255 e. The fourth-order valence-corrected chi connectivity index (χ4v) is 3.22. The number of halogens is 2. The molecule has 0 spiro atoms. The van der Waals surface area contributed by atoms with Gasteiger partial charge in [0.25, 0.3) is 5.91 Å². The fourth-order valence-electron chi connectivity index (χ4n) is 3.22. The van der Waals surface area contributed by atoms with Gasteiger partial charge in [0.2, 0.25) is 0 Å². The Balaban J connectivity index is 0.00000144. The number of rotatable bonds is 3. The van der Waals surface area contributed by atoms with Crippen LogP contribution >= 0.6 is 24.8 Å². The van der Waals surface area contributed by atoms with E-state index in [2.05, 4.69) is 20.2 Å². The van der Waals surface area contributed by atoms with Crippen LogP contribution in [0, 0.1) is 0 Å². The van der Waals surface area contributed by atoms with E-state index in [-0.39, 0.29) is 30.7 Å². The van der Waals surface area contributed by atoms with Crippen molar-refractivity contribution in [1.29, 1.82) is 0 Å². The maximum atomic E-state index is 12.9. The molecule has 1 N–H and O–H groups in total. The SMILES string of the molecule is COC1(C(=O)N2CCN(c3cnccn3)CC2)CCNCC1.Cl.Cl. The molecular weight excluding hydrogens is 353 g/mol. The van der Waals surface area contributed by atoms with Crippen molar-refractivity contribution in [3.8, 4) is 0 Å². The number of amides is 1. The highest BCUT2D eigenvalue weighted by Crippen LogP contribution is 2.26. The van der Waals surface area contributed by atoms with E-state index in [4.69, 9.17) is 4.74 Å². The van der Waals surface area contributed by atoms with Gasteiger partial charge in [0, 0.05) is 45.7 Å². The van der Waals surface area contributed by atoms with Gasteiger partial charge in [-0.3, -0.25) is 9.78 Å². The molecular formula is C15H25Cl2N5O2. The van der Waals surface area contributed by atoms with Gasteiger partial charge in [-0.2, -0.15) is 0 Å². The average Bonchev–Trinajstić information content (AvgIpc) is 2.62. The zero-order valence-corrected chi connectivity index (χ0v) is 15.4. The second-order valence-corrected chi connectivity index (χ2v) is 5.79. The highest BCUT2D eigenvalue weighted by Gasteiger charge is 2.43. The lowest BCUT2D eigenvalue weighted by molar-refractivity contribution is -0.158. The Morgan fingerprint density at radius 2 is 1.83 bits per heavy atom. The minimum atomic E-state index is -0.639. The molecule has 24 heavy (non-hydrogen) atoms. The van der Waals surface area contributed by atoms with E-state index in [1.54, 1.807) is 25.7 Å². The molecule has 1 aromatic rings. The van der Waals surface area contributed by atoms with Gasteiger partial charge in [0.1, 0.15) is 11.4 Å². The number of hydrogen-bond donors (Lipinski definition) is 1. The van der Waals surface area contributed by atoms with Crippen molar-refractivity contribution in [3.63, 3.8) is 0 Å². The van der Waals surface area contributed by atoms with Gasteiger partial charge in [0.15, 0.2) is 0 Å². The van der Waals surface area contributed by atoms with E-state index in [0.29, 0.717) is 13.1 Å². The molecule has 2 fully saturated rings. The summed E-state index contributed by atoms with van der Waals surface area (Å²) in [5, 5.41) is 3.29. The van der Waals surface area contributed by atoms with Crippen LogP contribution in [0.15, 0.2) is 18.6 Å². The first kappa shape index (κ1) is 20.9. The molecule has 1 aromatic heterocycles. The third-order valence-electron chi connectivity index (χ3n) is 4.63. The largest absolute Gasteiger partial charge is 0.368 e. The van der Waals surface area contributed by atoms with E-state index in [1.165, 1.54) is 0 Å². The van der Waals surface area contributed by atoms with E-state index in [0.717, 1.165) is 44.8 Å². The summed E-state index contributed by atoms with van der Waals surface area (Å²) in [6, 6.07) is 0. The van der Waals surface area contributed by atoms with Gasteiger partial charge in [-0.05, 0) is 25.9 Å². The molecule has 9 heteroatoms. The second-order valence-electron chi connectivity index (χ2n) is 5.79. The molecule has 7 nitrogen and oxygen atoms in total. The van der Waals surface area contributed by atoms with Gasteiger partial charge >= 0.3 is 0 Å². The predicted octanol–water partition coefficient (Wildman–Crippen LogP) is 0.737. The quantitative estimate of drug-likeness (QED) is 0.837. The minimum absolute atomic E-state index is 0. The normalized spacial score (nSPS) is 19.9. The van der Waals surface area contributed by atoms with Gasteiger partial charge in [0.05, 0.1) is 6.20 Å². The van der Waals surface area contributed by atoms with Crippen molar-refractivity contribution in [1.82, 2.24) is 20.2 Å². The Hall–Kier alpha value is -1.15. The number of nitrogens with one attached hydrogen (secondary N) is 1. The van der Waals surface area contributed by atoms with E-state index in [1.807, 2.05) is 4.90 Å². The second kappa shape index (κ2) is 9.36. The number of methoxy groups -OCH3 is 1. The van der Waals surface area contributed by atoms with Crippen LogP contribution in [-0.2, 0) is 9.53 Å². The van der Waals surface area contributed by atoms with Gasteiger partial charge in [-0.15, -0.1) is 24.8 Å². The molecule has 0 saturated carbocycles.